The van der Waals surface area contributed by atoms with Crippen LogP contribution in [0.4, 0.5) is 0 Å². The summed E-state index contributed by atoms with van der Waals surface area (Å²) < 4.78 is 0. The molecule has 3 nitrogen and oxygen atoms in total. The van der Waals surface area contributed by atoms with Gasteiger partial charge >= 0.3 is 5.97 Å². The molecule has 2 saturated carbocycles. The van der Waals surface area contributed by atoms with Crippen LogP contribution in [-0.2, 0) is 0 Å². The monoisotopic (exact) mass is 203 g/mol. The van der Waals surface area contributed by atoms with Crippen LogP contribution in [0.25, 0.3) is 0 Å². The van der Waals surface area contributed by atoms with E-state index in [2.05, 4.69) is 4.98 Å². The molecule has 2 fully saturated rings. The molecule has 1 heterocycles. The summed E-state index contributed by atoms with van der Waals surface area (Å²) in [5.74, 6) is 0.173. The fourth-order valence-corrected chi connectivity index (χ4v) is 1.95. The molecule has 0 aromatic carbocycles. The SMILES string of the molecule is O=C(O)c1ccc(C2CC2)nc1C1CC1. The maximum Gasteiger partial charge on any atom is 0.337 e. The minimum Gasteiger partial charge on any atom is -0.478 e. The quantitative estimate of drug-likeness (QED) is 0.821. The van der Waals surface area contributed by atoms with Crippen molar-refractivity contribution in [2.45, 2.75) is 37.5 Å². The molecule has 0 atom stereocenters. The Bertz CT molecular complexity index is 420. The number of carboxylic acid groups (broad SMARTS) is 1. The van der Waals surface area contributed by atoms with Crippen molar-refractivity contribution in [3.05, 3.63) is 29.1 Å². The maximum absolute atomic E-state index is 11.0. The Morgan fingerprint density at radius 1 is 1.20 bits per heavy atom. The van der Waals surface area contributed by atoms with E-state index in [4.69, 9.17) is 5.11 Å². The summed E-state index contributed by atoms with van der Waals surface area (Å²) in [6, 6.07) is 3.61. The Kier molecular flexibility index (Phi) is 1.81. The second kappa shape index (κ2) is 3.05. The van der Waals surface area contributed by atoms with E-state index < -0.39 is 5.97 Å². The van der Waals surface area contributed by atoms with Gasteiger partial charge in [0, 0.05) is 17.5 Å². The smallest absolute Gasteiger partial charge is 0.337 e. The Morgan fingerprint density at radius 2 is 1.87 bits per heavy atom. The number of carboxylic acids is 1. The maximum atomic E-state index is 11.0. The number of nitrogens with zero attached hydrogens (tertiary/aromatic N) is 1. The third kappa shape index (κ3) is 1.62. The van der Waals surface area contributed by atoms with Crippen molar-refractivity contribution in [3.8, 4) is 0 Å². The highest BCUT2D eigenvalue weighted by Crippen LogP contribution is 2.44. The van der Waals surface area contributed by atoms with Crippen molar-refractivity contribution in [3.63, 3.8) is 0 Å². The topological polar surface area (TPSA) is 50.2 Å². The normalized spacial score (nSPS) is 20.3. The Balaban J connectivity index is 2.03. The van der Waals surface area contributed by atoms with Crippen molar-refractivity contribution in [1.29, 1.82) is 0 Å². The highest BCUT2D eigenvalue weighted by Gasteiger charge is 2.32. The minimum absolute atomic E-state index is 0.405. The van der Waals surface area contributed by atoms with E-state index in [9.17, 15) is 4.79 Å². The van der Waals surface area contributed by atoms with E-state index in [1.807, 2.05) is 6.07 Å². The first-order chi connectivity index (χ1) is 7.25. The molecular formula is C12H13NO2. The zero-order valence-electron chi connectivity index (χ0n) is 8.44. The molecule has 0 bridgehead atoms. The molecule has 3 rings (SSSR count). The van der Waals surface area contributed by atoms with Crippen LogP contribution in [0.5, 0.6) is 0 Å². The van der Waals surface area contributed by atoms with Crippen LogP contribution in [0, 0.1) is 0 Å². The average Bonchev–Trinajstić information content (AvgIpc) is 3.07. The molecule has 3 heteroatoms. The molecule has 0 saturated heterocycles. The van der Waals surface area contributed by atoms with Gasteiger partial charge in [-0.05, 0) is 37.8 Å². The molecule has 0 amide bonds. The third-order valence-electron chi connectivity index (χ3n) is 3.14. The second-order valence-corrected chi connectivity index (χ2v) is 4.52. The number of aromatic carboxylic acids is 1. The lowest BCUT2D eigenvalue weighted by molar-refractivity contribution is 0.0695. The summed E-state index contributed by atoms with van der Waals surface area (Å²) in [5, 5.41) is 9.05. The van der Waals surface area contributed by atoms with E-state index in [0.29, 0.717) is 17.4 Å². The van der Waals surface area contributed by atoms with Gasteiger partial charge in [0.2, 0.25) is 0 Å². The average molecular weight is 203 g/mol. The molecule has 2 aliphatic rings. The zero-order valence-corrected chi connectivity index (χ0v) is 8.44. The van der Waals surface area contributed by atoms with Crippen molar-refractivity contribution in [2.24, 2.45) is 0 Å². The highest BCUT2D eigenvalue weighted by atomic mass is 16.4. The van der Waals surface area contributed by atoms with Crippen LogP contribution >= 0.6 is 0 Å². The van der Waals surface area contributed by atoms with Gasteiger partial charge in [0.15, 0.2) is 0 Å². The molecule has 2 aliphatic carbocycles. The molecule has 1 aromatic rings. The van der Waals surface area contributed by atoms with Gasteiger partial charge in [-0.2, -0.15) is 0 Å². The largest absolute Gasteiger partial charge is 0.478 e. The number of carbonyl (C=O) groups is 1. The summed E-state index contributed by atoms with van der Waals surface area (Å²) in [6.07, 6.45) is 4.62. The van der Waals surface area contributed by atoms with E-state index >= 15 is 0 Å². The molecule has 0 spiro atoms. The molecule has 15 heavy (non-hydrogen) atoms. The van der Waals surface area contributed by atoms with Gasteiger partial charge in [0.1, 0.15) is 0 Å². The van der Waals surface area contributed by atoms with Crippen molar-refractivity contribution >= 4 is 5.97 Å². The summed E-state index contributed by atoms with van der Waals surface area (Å²) in [6.45, 7) is 0. The molecule has 1 N–H and O–H groups in total. The van der Waals surface area contributed by atoms with E-state index in [1.165, 1.54) is 12.8 Å². The first-order valence-electron chi connectivity index (χ1n) is 5.50. The third-order valence-corrected chi connectivity index (χ3v) is 3.14. The molecule has 1 aromatic heterocycles. The lowest BCUT2D eigenvalue weighted by atomic mass is 10.1. The van der Waals surface area contributed by atoms with Crippen LogP contribution in [-0.4, -0.2) is 16.1 Å². The Hall–Kier alpha value is -1.38. The molecular weight excluding hydrogens is 190 g/mol. The van der Waals surface area contributed by atoms with Crippen molar-refractivity contribution < 1.29 is 9.90 Å². The van der Waals surface area contributed by atoms with E-state index in [1.54, 1.807) is 6.07 Å². The van der Waals surface area contributed by atoms with Gasteiger partial charge < -0.3 is 5.11 Å². The van der Waals surface area contributed by atoms with Crippen LogP contribution in [0.1, 0.15) is 59.3 Å². The lowest BCUT2D eigenvalue weighted by Crippen LogP contribution is -2.05. The molecule has 0 radical (unpaired) electrons. The van der Waals surface area contributed by atoms with Crippen LogP contribution < -0.4 is 0 Å². The zero-order chi connectivity index (χ0) is 10.4. The summed E-state index contributed by atoms with van der Waals surface area (Å²) in [7, 11) is 0. The fraction of sp³-hybridized carbons (Fsp3) is 0.500. The standard InChI is InChI=1S/C12H13NO2/c14-12(15)9-5-6-10(7-1-2-7)13-11(9)8-3-4-8/h5-8H,1-4H2,(H,14,15). The molecule has 78 valence electrons. The number of rotatable bonds is 3. The van der Waals surface area contributed by atoms with Crippen LogP contribution in [0.3, 0.4) is 0 Å². The summed E-state index contributed by atoms with van der Waals surface area (Å²) >= 11 is 0. The highest BCUT2D eigenvalue weighted by molar-refractivity contribution is 5.89. The van der Waals surface area contributed by atoms with Gasteiger partial charge in [-0.15, -0.1) is 0 Å². The van der Waals surface area contributed by atoms with Crippen molar-refractivity contribution in [2.75, 3.05) is 0 Å². The second-order valence-electron chi connectivity index (χ2n) is 4.52. The first-order valence-corrected chi connectivity index (χ1v) is 5.50. The Morgan fingerprint density at radius 3 is 2.40 bits per heavy atom. The summed E-state index contributed by atoms with van der Waals surface area (Å²) in [4.78, 5) is 15.5. The number of aromatic nitrogens is 1. The first kappa shape index (κ1) is 8.89. The number of hydrogen-bond donors (Lipinski definition) is 1. The van der Waals surface area contributed by atoms with E-state index in [-0.39, 0.29) is 0 Å². The lowest BCUT2D eigenvalue weighted by Gasteiger charge is -2.06. The number of hydrogen-bond acceptors (Lipinski definition) is 2. The van der Waals surface area contributed by atoms with Gasteiger partial charge in [-0.25, -0.2) is 4.79 Å². The van der Waals surface area contributed by atoms with Gasteiger partial charge in [0.25, 0.3) is 0 Å². The van der Waals surface area contributed by atoms with Crippen LogP contribution in [0.2, 0.25) is 0 Å². The molecule has 0 unspecified atom stereocenters. The minimum atomic E-state index is -0.841. The predicted molar refractivity (Wildman–Crippen MR) is 55.1 cm³/mol. The van der Waals surface area contributed by atoms with Crippen LogP contribution in [0.15, 0.2) is 12.1 Å². The van der Waals surface area contributed by atoms with Gasteiger partial charge in [-0.1, -0.05) is 0 Å². The molecule has 0 aliphatic heterocycles. The fourth-order valence-electron chi connectivity index (χ4n) is 1.95. The van der Waals surface area contributed by atoms with Gasteiger partial charge in [-0.3, -0.25) is 4.98 Å². The number of pyridine rings is 1. The summed E-state index contributed by atoms with van der Waals surface area (Å²) in [5.41, 5.74) is 2.33. The van der Waals surface area contributed by atoms with Crippen molar-refractivity contribution in [1.82, 2.24) is 4.98 Å². The predicted octanol–water partition coefficient (Wildman–Crippen LogP) is 2.53. The Labute approximate surface area is 88.1 Å². The van der Waals surface area contributed by atoms with E-state index in [0.717, 1.165) is 24.2 Å². The van der Waals surface area contributed by atoms with Gasteiger partial charge in [0.05, 0.1) is 11.3 Å².